The Morgan fingerprint density at radius 2 is 1.62 bits per heavy atom. The van der Waals surface area contributed by atoms with Gasteiger partial charge >= 0.3 is 0 Å². The molecule has 1 aliphatic carbocycles. The van der Waals surface area contributed by atoms with Crippen molar-refractivity contribution in [3.63, 3.8) is 0 Å². The summed E-state index contributed by atoms with van der Waals surface area (Å²) in [6.07, 6.45) is 4.50. The molecule has 1 aliphatic rings. The van der Waals surface area contributed by atoms with Gasteiger partial charge in [0, 0.05) is 5.92 Å². The van der Waals surface area contributed by atoms with Gasteiger partial charge in [-0.25, -0.2) is 0 Å². The van der Waals surface area contributed by atoms with Gasteiger partial charge in [0.15, 0.2) is 0 Å². The molecule has 1 saturated carbocycles. The predicted molar refractivity (Wildman–Crippen MR) is 54.6 cm³/mol. The van der Waals surface area contributed by atoms with Gasteiger partial charge in [-0.15, -0.1) is 0 Å². The Bertz CT molecular complexity index is 135. The smallest absolute Gasteiger partial charge is 0.132 e. The maximum atomic E-state index is 10.8. The number of aliphatic hydroxyl groups excluding tert-OH is 1. The lowest BCUT2D eigenvalue weighted by Crippen LogP contribution is -2.22. The highest BCUT2D eigenvalue weighted by molar-refractivity contribution is 5.78. The van der Waals surface area contributed by atoms with Crippen molar-refractivity contribution in [3.8, 4) is 0 Å². The zero-order valence-electron chi connectivity index (χ0n) is 9.05. The third-order valence-electron chi connectivity index (χ3n) is 2.27. The molecule has 0 radical (unpaired) electrons. The second-order valence-corrected chi connectivity index (χ2v) is 3.82. The van der Waals surface area contributed by atoms with Crippen molar-refractivity contribution in [1.82, 2.24) is 0 Å². The molecule has 0 aromatic carbocycles. The van der Waals surface area contributed by atoms with E-state index < -0.39 is 0 Å². The summed E-state index contributed by atoms with van der Waals surface area (Å²) in [7, 11) is 0. The molecule has 13 heavy (non-hydrogen) atoms. The summed E-state index contributed by atoms with van der Waals surface area (Å²) < 4.78 is 0. The van der Waals surface area contributed by atoms with E-state index in [1.165, 1.54) is 6.42 Å². The van der Waals surface area contributed by atoms with Crippen LogP contribution in [0.4, 0.5) is 0 Å². The Labute approximate surface area is 81.3 Å². The van der Waals surface area contributed by atoms with Crippen LogP contribution in [0.5, 0.6) is 0 Å². The number of Topliss-reactive ketones (excluding diaryl/α,β-unsaturated/α-hetero) is 1. The molecule has 0 heterocycles. The first-order valence-corrected chi connectivity index (χ1v) is 5.30. The summed E-state index contributed by atoms with van der Waals surface area (Å²) in [4.78, 5) is 10.8. The lowest BCUT2D eigenvalue weighted by molar-refractivity contribution is -0.122. The van der Waals surface area contributed by atoms with Crippen molar-refractivity contribution in [1.29, 1.82) is 0 Å². The molecule has 0 aliphatic heterocycles. The summed E-state index contributed by atoms with van der Waals surface area (Å²) >= 11 is 0. The number of hydrogen-bond donors (Lipinski definition) is 1. The maximum absolute atomic E-state index is 10.8. The molecule has 0 atom stereocenters. The molecule has 1 fully saturated rings. The number of hydrogen-bond acceptors (Lipinski definition) is 2. The molecule has 2 nitrogen and oxygen atoms in total. The largest absolute Gasteiger partial charge is 0.393 e. The summed E-state index contributed by atoms with van der Waals surface area (Å²) in [5, 5.41) is 9.10. The van der Waals surface area contributed by atoms with Gasteiger partial charge in [-0.05, 0) is 32.6 Å². The number of rotatable bonds is 1. The van der Waals surface area contributed by atoms with Crippen molar-refractivity contribution < 1.29 is 9.90 Å². The fourth-order valence-corrected chi connectivity index (χ4v) is 1.48. The summed E-state index contributed by atoms with van der Waals surface area (Å²) in [6, 6.07) is 0. The van der Waals surface area contributed by atoms with E-state index in [-0.39, 0.29) is 17.8 Å². The van der Waals surface area contributed by atoms with E-state index in [1.54, 1.807) is 6.92 Å². The minimum absolute atomic E-state index is 0.143. The van der Waals surface area contributed by atoms with E-state index in [9.17, 15) is 4.79 Å². The van der Waals surface area contributed by atoms with Crippen molar-refractivity contribution in [2.24, 2.45) is 5.92 Å². The van der Waals surface area contributed by atoms with E-state index >= 15 is 0 Å². The fraction of sp³-hybridized carbons (Fsp3) is 0.909. The molecular formula is C11H22O2. The highest BCUT2D eigenvalue weighted by Gasteiger charge is 2.21. The molecule has 0 spiro atoms. The summed E-state index contributed by atoms with van der Waals surface area (Å²) in [5.41, 5.74) is 0. The molecule has 0 unspecified atom stereocenters. The third kappa shape index (κ3) is 5.81. The first-order valence-electron chi connectivity index (χ1n) is 5.30. The van der Waals surface area contributed by atoms with E-state index in [0.717, 1.165) is 25.7 Å². The van der Waals surface area contributed by atoms with Gasteiger partial charge in [0.05, 0.1) is 6.10 Å². The Kier molecular flexibility index (Phi) is 6.87. The molecule has 1 N–H and O–H groups in total. The monoisotopic (exact) mass is 186 g/mol. The van der Waals surface area contributed by atoms with Crippen molar-refractivity contribution in [2.45, 2.75) is 59.0 Å². The topological polar surface area (TPSA) is 37.3 Å². The van der Waals surface area contributed by atoms with Crippen LogP contribution in [0.1, 0.15) is 52.9 Å². The Morgan fingerprint density at radius 1 is 1.23 bits per heavy atom. The zero-order valence-corrected chi connectivity index (χ0v) is 9.05. The van der Waals surface area contributed by atoms with Crippen LogP contribution in [0.2, 0.25) is 0 Å². The highest BCUT2D eigenvalue weighted by atomic mass is 16.3. The van der Waals surface area contributed by atoms with E-state index in [2.05, 4.69) is 13.8 Å². The van der Waals surface area contributed by atoms with Gasteiger partial charge in [0.25, 0.3) is 0 Å². The average Bonchev–Trinajstić information content (AvgIpc) is 2.06. The summed E-state index contributed by atoms with van der Waals surface area (Å²) in [5.74, 6) is 0.523. The third-order valence-corrected chi connectivity index (χ3v) is 2.27. The molecule has 1 rings (SSSR count). The van der Waals surface area contributed by atoms with Crippen molar-refractivity contribution in [2.75, 3.05) is 0 Å². The van der Waals surface area contributed by atoms with Gasteiger partial charge in [-0.3, -0.25) is 4.79 Å². The van der Waals surface area contributed by atoms with Gasteiger partial charge in [-0.1, -0.05) is 20.3 Å². The van der Waals surface area contributed by atoms with E-state index in [1.807, 2.05) is 0 Å². The molecule has 78 valence electrons. The first-order chi connectivity index (χ1) is 6.11. The quantitative estimate of drug-likeness (QED) is 0.683. The van der Waals surface area contributed by atoms with Gasteiger partial charge in [0.2, 0.25) is 0 Å². The standard InChI is InChI=1S/C8H14O2.C3H8/c1-6(9)7-2-4-8(10)5-3-7;1-3-2/h7-8,10H,2-5H2,1H3;3H2,1-2H3. The fourth-order valence-electron chi connectivity index (χ4n) is 1.48. The number of ketones is 1. The number of aliphatic hydroxyl groups is 1. The van der Waals surface area contributed by atoms with Gasteiger partial charge < -0.3 is 5.11 Å². The van der Waals surface area contributed by atoms with E-state index in [4.69, 9.17) is 5.11 Å². The van der Waals surface area contributed by atoms with Crippen molar-refractivity contribution in [3.05, 3.63) is 0 Å². The normalized spacial score (nSPS) is 27.4. The van der Waals surface area contributed by atoms with E-state index in [0.29, 0.717) is 0 Å². The summed E-state index contributed by atoms with van der Waals surface area (Å²) in [6.45, 7) is 5.89. The SMILES string of the molecule is CC(=O)C1CCC(O)CC1.CCC. The lowest BCUT2D eigenvalue weighted by Gasteiger charge is -2.22. The molecule has 2 heteroatoms. The van der Waals surface area contributed by atoms with Crippen LogP contribution in [0.15, 0.2) is 0 Å². The Balaban J connectivity index is 0.000000424. The van der Waals surface area contributed by atoms with Crippen molar-refractivity contribution >= 4 is 5.78 Å². The van der Waals surface area contributed by atoms with Crippen LogP contribution in [-0.2, 0) is 4.79 Å². The molecule has 0 aromatic rings. The van der Waals surface area contributed by atoms with Crippen LogP contribution in [0.25, 0.3) is 0 Å². The zero-order chi connectivity index (χ0) is 10.3. The molecule has 0 bridgehead atoms. The molecule has 0 aromatic heterocycles. The van der Waals surface area contributed by atoms with Crippen LogP contribution in [-0.4, -0.2) is 17.0 Å². The second kappa shape index (κ2) is 7.07. The number of carbonyl (C=O) groups is 1. The lowest BCUT2D eigenvalue weighted by atomic mass is 9.85. The van der Waals surface area contributed by atoms with Crippen LogP contribution >= 0.6 is 0 Å². The Hall–Kier alpha value is -0.370. The molecule has 0 amide bonds. The van der Waals surface area contributed by atoms with Crippen LogP contribution in [0, 0.1) is 5.92 Å². The molecule has 0 saturated heterocycles. The Morgan fingerprint density at radius 3 is 1.92 bits per heavy atom. The van der Waals surface area contributed by atoms with Crippen LogP contribution < -0.4 is 0 Å². The first kappa shape index (κ1) is 12.6. The second-order valence-electron chi connectivity index (χ2n) is 3.82. The minimum Gasteiger partial charge on any atom is -0.393 e. The van der Waals surface area contributed by atoms with Crippen LogP contribution in [0.3, 0.4) is 0 Å². The van der Waals surface area contributed by atoms with Gasteiger partial charge in [0.1, 0.15) is 5.78 Å². The molecular weight excluding hydrogens is 164 g/mol. The minimum atomic E-state index is -0.143. The van der Waals surface area contributed by atoms with Gasteiger partial charge in [-0.2, -0.15) is 0 Å². The maximum Gasteiger partial charge on any atom is 0.132 e. The average molecular weight is 186 g/mol. The number of carbonyl (C=O) groups excluding carboxylic acids is 1. The highest BCUT2D eigenvalue weighted by Crippen LogP contribution is 2.24. The predicted octanol–water partition coefficient (Wildman–Crippen LogP) is 2.54.